The van der Waals surface area contributed by atoms with E-state index in [1.165, 1.54) is 0 Å². The van der Waals surface area contributed by atoms with E-state index in [1.807, 2.05) is 16.8 Å². The van der Waals surface area contributed by atoms with Gasteiger partial charge in [-0.2, -0.15) is 5.10 Å². The molecule has 0 saturated carbocycles. The van der Waals surface area contributed by atoms with Crippen molar-refractivity contribution >= 4 is 12.2 Å². The highest BCUT2D eigenvalue weighted by molar-refractivity contribution is 7.71. The summed E-state index contributed by atoms with van der Waals surface area (Å²) in [5.41, 5.74) is 1.05. The highest BCUT2D eigenvalue weighted by Crippen LogP contribution is 2.18. The van der Waals surface area contributed by atoms with Crippen LogP contribution in [0.1, 0.15) is 34.6 Å². The average Bonchev–Trinajstić information content (AvgIpc) is 2.83. The minimum Gasteiger partial charge on any atom is -0.300 e. The predicted molar refractivity (Wildman–Crippen MR) is 101 cm³/mol. The summed E-state index contributed by atoms with van der Waals surface area (Å²) in [6.45, 7) is 14.7. The molecule has 0 atom stereocenters. The first kappa shape index (κ1) is 18.8. The SMILES string of the molecule is CCn1c(-c2ccncc2)nn(CN(CC(C)C)CC(C)C)c1=S. The molecule has 0 aromatic carbocycles. The summed E-state index contributed by atoms with van der Waals surface area (Å²) in [5.74, 6) is 2.15. The lowest BCUT2D eigenvalue weighted by Gasteiger charge is -2.25. The first-order valence-corrected chi connectivity index (χ1v) is 9.13. The van der Waals surface area contributed by atoms with Gasteiger partial charge in [0, 0.05) is 37.6 Å². The molecule has 0 radical (unpaired) electrons. The van der Waals surface area contributed by atoms with Gasteiger partial charge < -0.3 is 4.57 Å². The number of pyridine rings is 1. The van der Waals surface area contributed by atoms with Gasteiger partial charge in [-0.15, -0.1) is 0 Å². The van der Waals surface area contributed by atoms with E-state index < -0.39 is 0 Å². The molecule has 2 heterocycles. The average molecular weight is 348 g/mol. The number of nitrogens with zero attached hydrogens (tertiary/aromatic N) is 5. The van der Waals surface area contributed by atoms with Crippen molar-refractivity contribution in [3.8, 4) is 11.4 Å². The Hall–Kier alpha value is -1.53. The van der Waals surface area contributed by atoms with Crippen molar-refractivity contribution in [3.63, 3.8) is 0 Å². The second-order valence-electron chi connectivity index (χ2n) is 7.05. The van der Waals surface area contributed by atoms with Crippen LogP contribution < -0.4 is 0 Å². The molecule has 0 aliphatic heterocycles. The van der Waals surface area contributed by atoms with Gasteiger partial charge in [-0.25, -0.2) is 4.68 Å². The lowest BCUT2D eigenvalue weighted by Crippen LogP contribution is -2.33. The van der Waals surface area contributed by atoms with Crippen molar-refractivity contribution in [1.82, 2.24) is 24.2 Å². The molecular formula is C18H29N5S. The van der Waals surface area contributed by atoms with Crippen LogP contribution in [-0.2, 0) is 13.2 Å². The third-order valence-electron chi connectivity index (χ3n) is 3.76. The van der Waals surface area contributed by atoms with Gasteiger partial charge in [0.2, 0.25) is 0 Å². The fourth-order valence-electron chi connectivity index (χ4n) is 2.94. The molecule has 0 bridgehead atoms. The summed E-state index contributed by atoms with van der Waals surface area (Å²) in [6, 6.07) is 3.96. The molecule has 2 aromatic heterocycles. The third-order valence-corrected chi connectivity index (χ3v) is 4.19. The van der Waals surface area contributed by atoms with Gasteiger partial charge in [0.25, 0.3) is 0 Å². The number of hydrogen-bond acceptors (Lipinski definition) is 4. The van der Waals surface area contributed by atoms with Gasteiger partial charge in [0.1, 0.15) is 0 Å². The van der Waals surface area contributed by atoms with Gasteiger partial charge in [-0.05, 0) is 43.1 Å². The Kier molecular flexibility index (Phi) is 6.69. The van der Waals surface area contributed by atoms with E-state index >= 15 is 0 Å². The normalized spacial score (nSPS) is 11.8. The smallest absolute Gasteiger partial charge is 0.199 e. The summed E-state index contributed by atoms with van der Waals surface area (Å²) in [6.07, 6.45) is 3.59. The predicted octanol–water partition coefficient (Wildman–Crippen LogP) is 4.07. The third kappa shape index (κ3) is 4.74. The van der Waals surface area contributed by atoms with Crippen molar-refractivity contribution in [1.29, 1.82) is 0 Å². The maximum Gasteiger partial charge on any atom is 0.199 e. The molecule has 0 saturated heterocycles. The Bertz CT molecular complexity index is 677. The highest BCUT2D eigenvalue weighted by Gasteiger charge is 2.15. The second-order valence-corrected chi connectivity index (χ2v) is 7.42. The van der Waals surface area contributed by atoms with Crippen molar-refractivity contribution in [2.45, 2.75) is 47.8 Å². The Morgan fingerprint density at radius 1 is 1.08 bits per heavy atom. The van der Waals surface area contributed by atoms with Crippen LogP contribution in [0.3, 0.4) is 0 Å². The number of rotatable bonds is 8. The Labute approximate surface area is 150 Å². The molecule has 2 aromatic rings. The van der Waals surface area contributed by atoms with Gasteiger partial charge in [0.05, 0.1) is 6.67 Å². The maximum atomic E-state index is 5.68. The van der Waals surface area contributed by atoms with E-state index in [-0.39, 0.29) is 0 Å². The van der Waals surface area contributed by atoms with E-state index in [2.05, 4.69) is 49.1 Å². The standard InChI is InChI=1S/C18H29N5S/c1-6-22-17(16-7-9-19-10-8-16)20-23(18(22)24)13-21(11-14(2)3)12-15(4)5/h7-10,14-15H,6,11-13H2,1-5H3. The molecule has 0 spiro atoms. The van der Waals surface area contributed by atoms with Crippen LogP contribution in [0.25, 0.3) is 11.4 Å². The summed E-state index contributed by atoms with van der Waals surface area (Å²) in [5, 5.41) is 4.81. The summed E-state index contributed by atoms with van der Waals surface area (Å²) in [7, 11) is 0. The highest BCUT2D eigenvalue weighted by atomic mass is 32.1. The molecule has 0 N–H and O–H groups in total. The van der Waals surface area contributed by atoms with Crippen molar-refractivity contribution < 1.29 is 0 Å². The Morgan fingerprint density at radius 2 is 1.67 bits per heavy atom. The molecule has 0 amide bonds. The zero-order valence-electron chi connectivity index (χ0n) is 15.4. The van der Waals surface area contributed by atoms with Crippen LogP contribution in [-0.4, -0.2) is 37.3 Å². The van der Waals surface area contributed by atoms with Crippen LogP contribution in [0.2, 0.25) is 0 Å². The van der Waals surface area contributed by atoms with E-state index in [9.17, 15) is 0 Å². The van der Waals surface area contributed by atoms with E-state index in [4.69, 9.17) is 17.3 Å². The van der Waals surface area contributed by atoms with Crippen molar-refractivity contribution in [2.24, 2.45) is 11.8 Å². The minimum absolute atomic E-state index is 0.617. The van der Waals surface area contributed by atoms with E-state index in [0.29, 0.717) is 11.8 Å². The van der Waals surface area contributed by atoms with E-state index in [0.717, 1.165) is 42.5 Å². The Balaban J connectivity index is 2.33. The van der Waals surface area contributed by atoms with Crippen LogP contribution >= 0.6 is 12.2 Å². The first-order chi connectivity index (χ1) is 11.4. The van der Waals surface area contributed by atoms with Crippen LogP contribution in [0.15, 0.2) is 24.5 Å². The molecule has 0 aliphatic carbocycles. The summed E-state index contributed by atoms with van der Waals surface area (Å²) < 4.78 is 4.83. The van der Waals surface area contributed by atoms with Gasteiger partial charge in [-0.3, -0.25) is 9.88 Å². The molecular weight excluding hydrogens is 318 g/mol. The largest absolute Gasteiger partial charge is 0.300 e. The fourth-order valence-corrected chi connectivity index (χ4v) is 3.26. The monoisotopic (exact) mass is 347 g/mol. The molecule has 2 rings (SSSR count). The van der Waals surface area contributed by atoms with Crippen LogP contribution in [0.4, 0.5) is 0 Å². The van der Waals surface area contributed by atoms with Crippen LogP contribution in [0.5, 0.6) is 0 Å². The van der Waals surface area contributed by atoms with Crippen LogP contribution in [0, 0.1) is 16.6 Å². The van der Waals surface area contributed by atoms with Crippen molar-refractivity contribution in [2.75, 3.05) is 13.1 Å². The zero-order chi connectivity index (χ0) is 17.7. The van der Waals surface area contributed by atoms with Gasteiger partial charge in [-0.1, -0.05) is 27.7 Å². The van der Waals surface area contributed by atoms with Gasteiger partial charge in [0.15, 0.2) is 10.6 Å². The molecule has 5 nitrogen and oxygen atoms in total. The molecule has 0 unspecified atom stereocenters. The molecule has 0 fully saturated rings. The quantitative estimate of drug-likeness (QED) is 0.675. The molecule has 0 aliphatic rings. The summed E-state index contributed by atoms with van der Waals surface area (Å²) in [4.78, 5) is 6.53. The second kappa shape index (κ2) is 8.53. The number of aromatic nitrogens is 4. The Morgan fingerprint density at radius 3 is 2.17 bits per heavy atom. The minimum atomic E-state index is 0.617. The molecule has 132 valence electrons. The molecule has 6 heteroatoms. The maximum absolute atomic E-state index is 5.68. The lowest BCUT2D eigenvalue weighted by atomic mass is 10.1. The topological polar surface area (TPSA) is 38.9 Å². The zero-order valence-corrected chi connectivity index (χ0v) is 16.3. The summed E-state index contributed by atoms with van der Waals surface area (Å²) >= 11 is 5.68. The first-order valence-electron chi connectivity index (χ1n) is 8.72. The van der Waals surface area contributed by atoms with E-state index in [1.54, 1.807) is 12.4 Å². The fraction of sp³-hybridized carbons (Fsp3) is 0.611. The number of hydrogen-bond donors (Lipinski definition) is 0. The molecule has 24 heavy (non-hydrogen) atoms. The van der Waals surface area contributed by atoms with Gasteiger partial charge >= 0.3 is 0 Å². The lowest BCUT2D eigenvalue weighted by molar-refractivity contribution is 0.164. The van der Waals surface area contributed by atoms with Crippen molar-refractivity contribution in [3.05, 3.63) is 29.3 Å².